The van der Waals surface area contributed by atoms with Crippen LogP contribution in [0.25, 0.3) is 20.5 Å². The van der Waals surface area contributed by atoms with Crippen LogP contribution in [0.2, 0.25) is 0 Å². The normalized spacial score (nSPS) is 26.0. The summed E-state index contributed by atoms with van der Waals surface area (Å²) >= 11 is 1.28. The Bertz CT molecular complexity index is 1780. The number of benzene rings is 3. The quantitative estimate of drug-likeness (QED) is 0.163. The van der Waals surface area contributed by atoms with Gasteiger partial charge in [-0.2, -0.15) is 0 Å². The number of thiophene rings is 1. The maximum Gasteiger partial charge on any atom is 0.229 e. The lowest BCUT2D eigenvalue weighted by atomic mass is 9.97. The highest BCUT2D eigenvalue weighted by molar-refractivity contribution is 7.22. The number of aliphatic hydroxyl groups is 4. The molecule has 0 aliphatic carbocycles. The molecule has 3 aromatic carbocycles. The monoisotopic (exact) mass is 639 g/mol. The Morgan fingerprint density at radius 1 is 0.933 bits per heavy atom. The van der Waals surface area contributed by atoms with Gasteiger partial charge in [0, 0.05) is 35.3 Å². The van der Waals surface area contributed by atoms with Gasteiger partial charge >= 0.3 is 0 Å². The van der Waals surface area contributed by atoms with Gasteiger partial charge in [0.1, 0.15) is 48.2 Å². The molecule has 0 unspecified atom stereocenters. The van der Waals surface area contributed by atoms with E-state index in [1.54, 1.807) is 30.3 Å². The minimum Gasteiger partial charge on any atom is -0.508 e. The van der Waals surface area contributed by atoms with E-state index in [1.807, 2.05) is 0 Å². The molecule has 2 aliphatic rings. The van der Waals surface area contributed by atoms with E-state index in [1.165, 1.54) is 52.6 Å². The Morgan fingerprint density at radius 3 is 2.36 bits per heavy atom. The van der Waals surface area contributed by atoms with Crippen LogP contribution in [0.15, 0.2) is 66.7 Å². The van der Waals surface area contributed by atoms with Gasteiger partial charge in [-0.3, -0.25) is 9.69 Å². The van der Waals surface area contributed by atoms with Gasteiger partial charge < -0.3 is 39.7 Å². The van der Waals surface area contributed by atoms with Gasteiger partial charge in [0.15, 0.2) is 5.78 Å². The molecule has 0 amide bonds. The number of phenolic OH excluding ortho intramolecular Hbond substituents is 1. The smallest absolute Gasteiger partial charge is 0.229 e. The van der Waals surface area contributed by atoms with E-state index < -0.39 is 50.4 Å². The van der Waals surface area contributed by atoms with Crippen LogP contribution in [0.5, 0.6) is 17.2 Å². The number of likely N-dealkylation sites (tertiary alicyclic amines) is 1. The minimum atomic E-state index is -2.67. The molecule has 2 aliphatic heterocycles. The summed E-state index contributed by atoms with van der Waals surface area (Å²) in [5.74, 6) is -0.0101. The van der Waals surface area contributed by atoms with Gasteiger partial charge in [-0.05, 0) is 98.2 Å². The maximum absolute atomic E-state index is 14.1. The topological polar surface area (TPSA) is 149 Å². The number of ether oxygens (including phenoxy) is 3. The summed E-state index contributed by atoms with van der Waals surface area (Å²) < 4.78 is 51.2. The molecule has 0 radical (unpaired) electrons. The fraction of sp³-hybridized carbons (Fsp3) is 0.382. The first kappa shape index (κ1) is 26.6. The van der Waals surface area contributed by atoms with Gasteiger partial charge in [0.2, 0.25) is 6.29 Å². The van der Waals surface area contributed by atoms with Crippen LogP contribution in [0.1, 0.15) is 40.7 Å². The predicted octanol–water partition coefficient (Wildman–Crippen LogP) is 3.55. The fourth-order valence-corrected chi connectivity index (χ4v) is 6.69. The van der Waals surface area contributed by atoms with E-state index in [4.69, 9.17) is 19.7 Å². The third-order valence-electron chi connectivity index (χ3n) is 7.96. The summed E-state index contributed by atoms with van der Waals surface area (Å²) in [4.78, 5) is 16.2. The molecule has 45 heavy (non-hydrogen) atoms. The number of aliphatic hydroxyl groups excluding tert-OH is 4. The Morgan fingerprint density at radius 2 is 1.64 bits per heavy atom. The number of carbonyl (C=O) groups is 1. The molecule has 6 rings (SSSR count). The second kappa shape index (κ2) is 13.8. The Labute approximate surface area is 270 Å². The van der Waals surface area contributed by atoms with E-state index >= 15 is 0 Å². The largest absolute Gasteiger partial charge is 0.508 e. The number of piperidine rings is 1. The average Bonchev–Trinajstić information content (AvgIpc) is 3.47. The number of ketones is 1. The second-order valence-corrected chi connectivity index (χ2v) is 12.1. The molecule has 10 nitrogen and oxygen atoms in total. The van der Waals surface area contributed by atoms with Crippen molar-refractivity contribution >= 4 is 27.2 Å². The average molecular weight is 640 g/mol. The fourth-order valence-electron chi connectivity index (χ4n) is 5.46. The molecule has 0 spiro atoms. The molecule has 238 valence electrons. The Kier molecular flexibility index (Phi) is 8.19. The van der Waals surface area contributed by atoms with Crippen molar-refractivity contribution in [2.75, 3.05) is 32.8 Å². The molecule has 1 aromatic heterocycles. The number of rotatable bonds is 10. The number of hydrogen-bond donors (Lipinski definition) is 5. The highest BCUT2D eigenvalue weighted by Crippen LogP contribution is 2.42. The van der Waals surface area contributed by atoms with E-state index in [0.717, 1.165) is 19.3 Å². The van der Waals surface area contributed by atoms with Crippen LogP contribution >= 0.6 is 11.3 Å². The number of aromatic hydroxyl groups is 1. The van der Waals surface area contributed by atoms with E-state index in [-0.39, 0.29) is 28.6 Å². The van der Waals surface area contributed by atoms with Crippen LogP contribution in [0.3, 0.4) is 0 Å². The molecule has 3 heterocycles. The standard InChI is InChI=1S/C34H37NO9S/c36-19-26-30(39)31(40)32(41)34(44-26)43-24-12-13-25-27(18-24)45-33(21-4-8-22(37)9-5-21)28(25)29(38)20-6-10-23(11-7-20)42-17-16-35-14-2-1-3-15-35/h4-13,18,26,30-32,34,36-37,39-41H,1-3,14-17,19H2/t26-,30-,31+,32-,34-/m1/s1/i16D2,17D2. The molecule has 5 N–H and O–H groups in total. The zero-order valence-electron chi connectivity index (χ0n) is 28.2. The van der Waals surface area contributed by atoms with Gasteiger partial charge in [-0.1, -0.05) is 6.42 Å². The van der Waals surface area contributed by atoms with Crippen molar-refractivity contribution < 1.29 is 50.0 Å². The number of nitrogens with zero attached hydrogens (tertiary/aromatic N) is 1. The third-order valence-corrected chi connectivity index (χ3v) is 9.17. The van der Waals surface area contributed by atoms with Crippen LogP contribution in [-0.4, -0.2) is 99.7 Å². The van der Waals surface area contributed by atoms with Crippen molar-refractivity contribution in [3.05, 3.63) is 77.9 Å². The molecular formula is C34H37NO9S. The molecule has 2 saturated heterocycles. The van der Waals surface area contributed by atoms with Crippen LogP contribution in [0.4, 0.5) is 0 Å². The summed E-state index contributed by atoms with van der Waals surface area (Å²) in [5.41, 5.74) is 1.29. The van der Waals surface area contributed by atoms with Crippen molar-refractivity contribution in [1.82, 2.24) is 4.90 Å². The first-order valence-corrected chi connectivity index (χ1v) is 15.5. The van der Waals surface area contributed by atoms with Crippen molar-refractivity contribution in [1.29, 1.82) is 0 Å². The highest BCUT2D eigenvalue weighted by atomic mass is 32.1. The lowest BCUT2D eigenvalue weighted by molar-refractivity contribution is -0.277. The summed E-state index contributed by atoms with van der Waals surface area (Å²) in [7, 11) is 0. The van der Waals surface area contributed by atoms with Gasteiger partial charge in [-0.15, -0.1) is 11.3 Å². The first-order chi connectivity index (χ1) is 23.3. The van der Waals surface area contributed by atoms with Crippen LogP contribution in [-0.2, 0) is 4.74 Å². The molecule has 2 fully saturated rings. The molecule has 5 atom stereocenters. The number of phenols is 1. The number of carbonyl (C=O) groups excluding carboxylic acids is 1. The molecule has 4 aromatic rings. The lowest BCUT2D eigenvalue weighted by Gasteiger charge is -2.39. The van der Waals surface area contributed by atoms with Crippen molar-refractivity contribution in [2.45, 2.75) is 50.0 Å². The summed E-state index contributed by atoms with van der Waals surface area (Å²) in [5, 5.41) is 50.7. The Hall–Kier alpha value is -3.55. The predicted molar refractivity (Wildman–Crippen MR) is 169 cm³/mol. The van der Waals surface area contributed by atoms with E-state index in [9.17, 15) is 30.3 Å². The summed E-state index contributed by atoms with van der Waals surface area (Å²) in [6.45, 7) is -4.78. The molecule has 0 bridgehead atoms. The van der Waals surface area contributed by atoms with Crippen LogP contribution in [0, 0.1) is 0 Å². The maximum atomic E-state index is 14.1. The van der Waals surface area contributed by atoms with Crippen molar-refractivity contribution in [2.24, 2.45) is 0 Å². The summed E-state index contributed by atoms with van der Waals surface area (Å²) in [6, 6.07) is 17.1. The highest BCUT2D eigenvalue weighted by Gasteiger charge is 2.44. The second-order valence-electron chi connectivity index (χ2n) is 11.0. The van der Waals surface area contributed by atoms with Crippen LogP contribution < -0.4 is 9.47 Å². The zero-order chi connectivity index (χ0) is 35.1. The molecule has 11 heteroatoms. The first-order valence-electron chi connectivity index (χ1n) is 16.7. The Balaban J connectivity index is 1.29. The van der Waals surface area contributed by atoms with Gasteiger partial charge in [0.25, 0.3) is 0 Å². The van der Waals surface area contributed by atoms with Gasteiger partial charge in [0.05, 0.1) is 9.35 Å². The number of hydrogen-bond acceptors (Lipinski definition) is 11. The molecular weight excluding hydrogens is 598 g/mol. The molecule has 0 saturated carbocycles. The van der Waals surface area contributed by atoms with E-state index in [0.29, 0.717) is 39.2 Å². The van der Waals surface area contributed by atoms with E-state index in [2.05, 4.69) is 0 Å². The van der Waals surface area contributed by atoms with Gasteiger partial charge in [-0.25, -0.2) is 0 Å². The third kappa shape index (κ3) is 6.85. The minimum absolute atomic E-state index is 0.0491. The SMILES string of the molecule is [2H]C([2H])(Oc1ccc(C(=O)c2c(-c3ccc(O)cc3)sc3cc(O[C@@H]4O[C@H](CO)[C@@H](O)[C@H](O)[C@H]4O)ccc23)cc1)C([2H])([2H])N1CCCCC1. The number of fused-ring (bicyclic) bond motifs is 1. The lowest BCUT2D eigenvalue weighted by Crippen LogP contribution is -2.60. The summed E-state index contributed by atoms with van der Waals surface area (Å²) in [6.07, 6.45) is -4.77. The van der Waals surface area contributed by atoms with Crippen molar-refractivity contribution in [3.8, 4) is 27.7 Å². The van der Waals surface area contributed by atoms with Crippen molar-refractivity contribution in [3.63, 3.8) is 0 Å². The zero-order valence-corrected chi connectivity index (χ0v) is 25.0.